The van der Waals surface area contributed by atoms with Crippen LogP contribution in [0.2, 0.25) is 0 Å². The van der Waals surface area contributed by atoms with Crippen LogP contribution in [0.5, 0.6) is 0 Å². The predicted molar refractivity (Wildman–Crippen MR) is 116 cm³/mol. The molecule has 0 saturated heterocycles. The summed E-state index contributed by atoms with van der Waals surface area (Å²) in [5, 5.41) is 2.90. The first-order chi connectivity index (χ1) is 16.0. The Hall–Kier alpha value is -4.28. The third-order valence-corrected chi connectivity index (χ3v) is 5.23. The average molecular weight is 451 g/mol. The van der Waals surface area contributed by atoms with E-state index in [9.17, 15) is 18.0 Å². The Labute approximate surface area is 184 Å². The van der Waals surface area contributed by atoms with Crippen LogP contribution in [0.3, 0.4) is 0 Å². The SMILES string of the molecule is CCC(Nc1ncnc2[nH]cnc12)c1nc2cccc(F)c2c(=O)n1-c1cc(F)cc(F)c1. The lowest BCUT2D eigenvalue weighted by atomic mass is 10.1. The van der Waals surface area contributed by atoms with Crippen LogP contribution in [0.25, 0.3) is 27.8 Å². The maximum atomic E-state index is 14.6. The van der Waals surface area contributed by atoms with Crippen LogP contribution in [0, 0.1) is 17.5 Å². The second kappa shape index (κ2) is 8.01. The van der Waals surface area contributed by atoms with Crippen LogP contribution in [0.1, 0.15) is 25.2 Å². The molecule has 5 aromatic rings. The van der Waals surface area contributed by atoms with Gasteiger partial charge in [-0.2, -0.15) is 0 Å². The van der Waals surface area contributed by atoms with E-state index in [4.69, 9.17) is 0 Å². The van der Waals surface area contributed by atoms with Gasteiger partial charge in [0.15, 0.2) is 11.5 Å². The van der Waals surface area contributed by atoms with Crippen LogP contribution < -0.4 is 10.9 Å². The number of benzene rings is 2. The number of fused-ring (bicyclic) bond motifs is 2. The van der Waals surface area contributed by atoms with Gasteiger partial charge in [0.1, 0.15) is 40.5 Å². The van der Waals surface area contributed by atoms with Gasteiger partial charge in [0.2, 0.25) is 0 Å². The second-order valence-electron chi connectivity index (χ2n) is 7.30. The first kappa shape index (κ1) is 20.6. The first-order valence-electron chi connectivity index (χ1n) is 10.0. The monoisotopic (exact) mass is 451 g/mol. The van der Waals surface area contributed by atoms with E-state index in [0.29, 0.717) is 29.5 Å². The van der Waals surface area contributed by atoms with Gasteiger partial charge in [-0.15, -0.1) is 0 Å². The Bertz CT molecular complexity index is 1540. The van der Waals surface area contributed by atoms with E-state index in [1.54, 1.807) is 0 Å². The van der Waals surface area contributed by atoms with Crippen molar-refractivity contribution in [1.82, 2.24) is 29.5 Å². The molecule has 1 atom stereocenters. The molecule has 0 radical (unpaired) electrons. The number of aromatic nitrogens is 6. The number of hydrogen-bond acceptors (Lipinski definition) is 6. The van der Waals surface area contributed by atoms with Crippen LogP contribution in [-0.2, 0) is 0 Å². The fourth-order valence-electron chi connectivity index (χ4n) is 3.74. The normalized spacial score (nSPS) is 12.4. The molecule has 3 aromatic heterocycles. The Morgan fingerprint density at radius 3 is 2.64 bits per heavy atom. The zero-order valence-corrected chi connectivity index (χ0v) is 17.2. The topological polar surface area (TPSA) is 101 Å². The molecule has 3 heterocycles. The lowest BCUT2D eigenvalue weighted by Gasteiger charge is -2.22. The van der Waals surface area contributed by atoms with Crippen molar-refractivity contribution < 1.29 is 13.2 Å². The first-order valence-corrected chi connectivity index (χ1v) is 10.0. The van der Waals surface area contributed by atoms with Gasteiger partial charge in [-0.1, -0.05) is 13.0 Å². The number of halogens is 3. The van der Waals surface area contributed by atoms with Crippen LogP contribution in [0.15, 0.2) is 53.8 Å². The summed E-state index contributed by atoms with van der Waals surface area (Å²) in [6.07, 6.45) is 3.21. The number of nitrogens with one attached hydrogen (secondary N) is 2. The van der Waals surface area contributed by atoms with Gasteiger partial charge in [-0.05, 0) is 30.7 Å². The highest BCUT2D eigenvalue weighted by molar-refractivity contribution is 5.82. The molecule has 1 unspecified atom stereocenters. The molecule has 166 valence electrons. The number of hydrogen-bond donors (Lipinski definition) is 2. The second-order valence-corrected chi connectivity index (χ2v) is 7.30. The molecule has 11 heteroatoms. The summed E-state index contributed by atoms with van der Waals surface area (Å²) in [5.74, 6) is -2.04. The van der Waals surface area contributed by atoms with Crippen LogP contribution >= 0.6 is 0 Å². The van der Waals surface area contributed by atoms with Gasteiger partial charge in [0.05, 0.1) is 23.6 Å². The zero-order chi connectivity index (χ0) is 23.1. The predicted octanol–water partition coefficient (Wildman–Crippen LogP) is 4.03. The molecule has 0 amide bonds. The average Bonchev–Trinajstić information content (AvgIpc) is 3.26. The van der Waals surface area contributed by atoms with E-state index >= 15 is 0 Å². The summed E-state index contributed by atoms with van der Waals surface area (Å²) in [4.78, 5) is 33.3. The largest absolute Gasteiger partial charge is 0.358 e. The lowest BCUT2D eigenvalue weighted by molar-refractivity contribution is 0.578. The van der Waals surface area contributed by atoms with E-state index in [1.807, 2.05) is 6.92 Å². The summed E-state index contributed by atoms with van der Waals surface area (Å²) < 4.78 is 43.7. The van der Waals surface area contributed by atoms with Crippen molar-refractivity contribution >= 4 is 27.9 Å². The molecule has 0 aliphatic heterocycles. The minimum atomic E-state index is -0.883. The Morgan fingerprint density at radius 1 is 1.09 bits per heavy atom. The smallest absolute Gasteiger partial charge is 0.269 e. The van der Waals surface area contributed by atoms with Gasteiger partial charge in [0, 0.05) is 6.07 Å². The van der Waals surface area contributed by atoms with Gasteiger partial charge in [-0.3, -0.25) is 9.36 Å². The van der Waals surface area contributed by atoms with Crippen molar-refractivity contribution in [2.75, 3.05) is 5.32 Å². The molecule has 5 rings (SSSR count). The molecular weight excluding hydrogens is 435 g/mol. The molecule has 0 aliphatic rings. The van der Waals surface area contributed by atoms with Crippen molar-refractivity contribution in [2.24, 2.45) is 0 Å². The van der Waals surface area contributed by atoms with Crippen molar-refractivity contribution in [3.05, 3.63) is 82.7 Å². The molecule has 0 bridgehead atoms. The van der Waals surface area contributed by atoms with Crippen molar-refractivity contribution in [1.29, 1.82) is 0 Å². The van der Waals surface area contributed by atoms with Gasteiger partial charge < -0.3 is 10.3 Å². The van der Waals surface area contributed by atoms with Crippen molar-refractivity contribution in [2.45, 2.75) is 19.4 Å². The molecule has 2 N–H and O–H groups in total. The quantitative estimate of drug-likeness (QED) is 0.418. The van der Waals surface area contributed by atoms with E-state index in [2.05, 4.69) is 30.2 Å². The Kier molecular flexibility index (Phi) is 5.00. The minimum absolute atomic E-state index is 0.113. The molecule has 8 nitrogen and oxygen atoms in total. The maximum Gasteiger partial charge on any atom is 0.269 e. The molecule has 0 fully saturated rings. The Morgan fingerprint density at radius 2 is 1.88 bits per heavy atom. The molecule has 0 saturated carbocycles. The highest BCUT2D eigenvalue weighted by Crippen LogP contribution is 2.27. The number of nitrogens with zero attached hydrogens (tertiary/aromatic N) is 5. The number of rotatable bonds is 5. The lowest BCUT2D eigenvalue weighted by Crippen LogP contribution is -2.29. The third kappa shape index (κ3) is 3.56. The third-order valence-electron chi connectivity index (χ3n) is 5.23. The van der Waals surface area contributed by atoms with Crippen molar-refractivity contribution in [3.63, 3.8) is 0 Å². The van der Waals surface area contributed by atoms with E-state index in [-0.39, 0.29) is 22.4 Å². The molecule has 2 aromatic carbocycles. The minimum Gasteiger partial charge on any atom is -0.358 e. The number of aromatic amines is 1. The van der Waals surface area contributed by atoms with Gasteiger partial charge >= 0.3 is 0 Å². The summed E-state index contributed by atoms with van der Waals surface area (Å²) in [7, 11) is 0. The summed E-state index contributed by atoms with van der Waals surface area (Å²) in [6.45, 7) is 1.83. The zero-order valence-electron chi connectivity index (χ0n) is 17.2. The number of H-pyrrole nitrogens is 1. The summed E-state index contributed by atoms with van der Waals surface area (Å²) in [6, 6.07) is 6.10. The summed E-state index contributed by atoms with van der Waals surface area (Å²) >= 11 is 0. The van der Waals surface area contributed by atoms with Gasteiger partial charge in [0.25, 0.3) is 5.56 Å². The standard InChI is InChI=1S/C22H16F3N7O/c1-2-15(30-20-18-19(27-9-26-18)28-10-29-20)21-31-16-5-3-4-14(25)17(16)22(33)32(21)13-7-11(23)6-12(24)8-13/h3-10,15H,2H2,1H3,(H2,26,27,28,29,30). The van der Waals surface area contributed by atoms with E-state index < -0.39 is 29.1 Å². The van der Waals surface area contributed by atoms with Crippen LogP contribution in [0.4, 0.5) is 19.0 Å². The van der Waals surface area contributed by atoms with E-state index in [0.717, 1.165) is 22.8 Å². The maximum absolute atomic E-state index is 14.6. The molecule has 33 heavy (non-hydrogen) atoms. The highest BCUT2D eigenvalue weighted by Gasteiger charge is 2.23. The molecule has 0 spiro atoms. The van der Waals surface area contributed by atoms with Crippen molar-refractivity contribution in [3.8, 4) is 5.69 Å². The van der Waals surface area contributed by atoms with Gasteiger partial charge in [-0.25, -0.2) is 33.1 Å². The molecular formula is C22H16F3N7O. The fraction of sp³-hybridized carbons (Fsp3) is 0.136. The molecule has 0 aliphatic carbocycles. The van der Waals surface area contributed by atoms with Crippen LogP contribution in [-0.4, -0.2) is 29.5 Å². The summed E-state index contributed by atoms with van der Waals surface area (Å²) in [5.41, 5.74) is 0.189. The number of imidazole rings is 1. The Balaban J connectivity index is 1.76. The number of anilines is 1. The fourth-order valence-corrected chi connectivity index (χ4v) is 3.74. The highest BCUT2D eigenvalue weighted by atomic mass is 19.1. The van der Waals surface area contributed by atoms with E-state index in [1.165, 1.54) is 24.8 Å².